The van der Waals surface area contributed by atoms with Gasteiger partial charge in [0.2, 0.25) is 0 Å². The molecule has 2 aliphatic rings. The van der Waals surface area contributed by atoms with E-state index < -0.39 is 6.67 Å². The van der Waals surface area contributed by atoms with Crippen LogP contribution in [0.15, 0.2) is 64.7 Å². The number of likely N-dealkylation sites (tertiary alicyclic amines) is 1. The molecule has 0 aromatic heterocycles. The molecule has 0 bridgehead atoms. The van der Waals surface area contributed by atoms with Gasteiger partial charge < -0.3 is 14.7 Å². The van der Waals surface area contributed by atoms with E-state index in [1.54, 1.807) is 12.2 Å². The SMILES string of the molecule is C=C(/C=C\C=C(\CO)CF)C(=C)/C=N\C(=C(/C)F)N1CC2(COC2)C1. The summed E-state index contributed by atoms with van der Waals surface area (Å²) in [5.41, 5.74) is 1.54. The molecule has 2 heterocycles. The average Bonchev–Trinajstić information content (AvgIpc) is 2.50. The molecule has 6 heteroatoms. The second-order valence-corrected chi connectivity index (χ2v) is 6.49. The van der Waals surface area contributed by atoms with Crippen molar-refractivity contribution < 1.29 is 18.6 Å². The van der Waals surface area contributed by atoms with Crippen molar-refractivity contribution in [2.45, 2.75) is 6.92 Å². The molecule has 0 aromatic carbocycles. The zero-order valence-electron chi connectivity index (χ0n) is 14.5. The highest BCUT2D eigenvalue weighted by molar-refractivity contribution is 5.85. The number of aliphatic hydroxyl groups is 1. The summed E-state index contributed by atoms with van der Waals surface area (Å²) in [5, 5.41) is 8.88. The molecule has 0 radical (unpaired) electrons. The Balaban J connectivity index is 1.93. The maximum Gasteiger partial charge on any atom is 0.160 e. The fourth-order valence-electron chi connectivity index (χ4n) is 2.64. The number of halogens is 2. The van der Waals surface area contributed by atoms with Crippen LogP contribution >= 0.6 is 0 Å². The van der Waals surface area contributed by atoms with E-state index in [0.29, 0.717) is 17.0 Å². The topological polar surface area (TPSA) is 45.1 Å². The zero-order chi connectivity index (χ0) is 18.4. The van der Waals surface area contributed by atoms with Gasteiger partial charge in [0, 0.05) is 19.3 Å². The second kappa shape index (κ2) is 8.36. The quantitative estimate of drug-likeness (QED) is 0.540. The van der Waals surface area contributed by atoms with Crippen LogP contribution in [0.2, 0.25) is 0 Å². The van der Waals surface area contributed by atoms with Gasteiger partial charge in [-0.3, -0.25) is 0 Å². The smallest absolute Gasteiger partial charge is 0.160 e. The van der Waals surface area contributed by atoms with Crippen molar-refractivity contribution in [3.05, 3.63) is 59.8 Å². The Morgan fingerprint density at radius 2 is 2.00 bits per heavy atom. The summed E-state index contributed by atoms with van der Waals surface area (Å²) in [5.74, 6) is -0.0471. The summed E-state index contributed by atoms with van der Waals surface area (Å²) in [7, 11) is 0. The Morgan fingerprint density at radius 3 is 2.48 bits per heavy atom. The van der Waals surface area contributed by atoms with Crippen molar-refractivity contribution in [1.82, 2.24) is 4.90 Å². The third-order valence-corrected chi connectivity index (χ3v) is 4.24. The molecule has 1 spiro atoms. The molecule has 2 saturated heterocycles. The molecule has 1 N–H and O–H groups in total. The van der Waals surface area contributed by atoms with Crippen LogP contribution < -0.4 is 0 Å². The Bertz CT molecular complexity index is 640. The Hall–Kier alpha value is -2.05. The van der Waals surface area contributed by atoms with Crippen LogP contribution in [0, 0.1) is 5.41 Å². The van der Waals surface area contributed by atoms with E-state index in [9.17, 15) is 8.78 Å². The standard InChI is InChI=1S/C19H24F2N2O2/c1-14(5-4-6-17(7-20)9-24)15(2)8-22-18(16(3)21)23-10-19(11-23)12-25-13-19/h4-6,8,24H,1-2,7,9-13H2,3H3/b5-4-,17-6+,18-16-,22-8-. The van der Waals surface area contributed by atoms with Gasteiger partial charge in [0.25, 0.3) is 0 Å². The van der Waals surface area contributed by atoms with Gasteiger partial charge in [-0.15, -0.1) is 0 Å². The molecule has 4 nitrogen and oxygen atoms in total. The molecular formula is C19H24F2N2O2. The number of rotatable bonds is 8. The van der Waals surface area contributed by atoms with Gasteiger partial charge in [0.15, 0.2) is 5.82 Å². The van der Waals surface area contributed by atoms with E-state index in [1.807, 2.05) is 4.90 Å². The molecule has 0 aromatic rings. The predicted molar refractivity (Wildman–Crippen MR) is 95.7 cm³/mol. The number of alkyl halides is 1. The van der Waals surface area contributed by atoms with Crippen molar-refractivity contribution in [1.29, 1.82) is 0 Å². The van der Waals surface area contributed by atoms with Gasteiger partial charge in [0.1, 0.15) is 12.5 Å². The minimum absolute atomic E-state index is 0.173. The molecule has 0 atom stereocenters. The zero-order valence-corrected chi connectivity index (χ0v) is 14.5. The first-order chi connectivity index (χ1) is 11.9. The lowest BCUT2D eigenvalue weighted by Gasteiger charge is -2.55. The molecule has 0 saturated carbocycles. The lowest BCUT2D eigenvalue weighted by Crippen LogP contribution is -2.65. The summed E-state index contributed by atoms with van der Waals surface area (Å²) >= 11 is 0. The first-order valence-corrected chi connectivity index (χ1v) is 8.05. The number of aliphatic hydroxyl groups excluding tert-OH is 1. The number of aliphatic imine (C=N–C) groups is 1. The van der Waals surface area contributed by atoms with E-state index >= 15 is 0 Å². The first-order valence-electron chi connectivity index (χ1n) is 8.05. The average molecular weight is 350 g/mol. The second-order valence-electron chi connectivity index (χ2n) is 6.49. The van der Waals surface area contributed by atoms with E-state index in [0.717, 1.165) is 26.3 Å². The van der Waals surface area contributed by atoms with Crippen molar-refractivity contribution in [2.24, 2.45) is 10.4 Å². The molecule has 136 valence electrons. The van der Waals surface area contributed by atoms with Crippen LogP contribution in [0.4, 0.5) is 8.78 Å². The summed E-state index contributed by atoms with van der Waals surface area (Å²) in [6.07, 6.45) is 6.17. The van der Waals surface area contributed by atoms with Crippen molar-refractivity contribution in [2.75, 3.05) is 39.6 Å². The number of allylic oxidation sites excluding steroid dienone is 6. The monoisotopic (exact) mass is 350 g/mol. The Kier molecular flexibility index (Phi) is 6.45. The molecule has 0 aliphatic carbocycles. The minimum Gasteiger partial charge on any atom is -0.392 e. The fraction of sp³-hybridized carbons (Fsp3) is 0.421. The summed E-state index contributed by atoms with van der Waals surface area (Å²) in [6, 6.07) is 0. The van der Waals surface area contributed by atoms with Crippen molar-refractivity contribution >= 4 is 6.21 Å². The van der Waals surface area contributed by atoms with E-state index in [4.69, 9.17) is 9.84 Å². The summed E-state index contributed by atoms with van der Waals surface area (Å²) in [6.45, 7) is 11.0. The van der Waals surface area contributed by atoms with E-state index in [1.165, 1.54) is 19.2 Å². The normalized spacial score (nSPS) is 20.6. The Labute approximate surface area is 147 Å². The van der Waals surface area contributed by atoms with E-state index in [-0.39, 0.29) is 23.4 Å². The largest absolute Gasteiger partial charge is 0.392 e. The fourth-order valence-corrected chi connectivity index (χ4v) is 2.64. The number of nitrogens with zero attached hydrogens (tertiary/aromatic N) is 2. The molecule has 0 unspecified atom stereocenters. The Morgan fingerprint density at radius 1 is 1.32 bits per heavy atom. The lowest BCUT2D eigenvalue weighted by atomic mass is 9.78. The van der Waals surface area contributed by atoms with E-state index in [2.05, 4.69) is 18.2 Å². The van der Waals surface area contributed by atoms with Gasteiger partial charge in [-0.25, -0.2) is 13.8 Å². The highest BCUT2D eigenvalue weighted by Gasteiger charge is 2.50. The third kappa shape index (κ3) is 4.74. The minimum atomic E-state index is -0.706. The van der Waals surface area contributed by atoms with Crippen LogP contribution in [0.25, 0.3) is 0 Å². The molecule has 2 rings (SSSR count). The third-order valence-electron chi connectivity index (χ3n) is 4.24. The molecule has 25 heavy (non-hydrogen) atoms. The van der Waals surface area contributed by atoms with Gasteiger partial charge in [0.05, 0.1) is 25.2 Å². The number of hydrogen-bond donors (Lipinski definition) is 1. The number of hydrogen-bond acceptors (Lipinski definition) is 4. The predicted octanol–water partition coefficient (Wildman–Crippen LogP) is 3.10. The van der Waals surface area contributed by atoms with Crippen LogP contribution in [-0.4, -0.2) is 55.8 Å². The summed E-state index contributed by atoms with van der Waals surface area (Å²) in [4.78, 5) is 6.11. The lowest BCUT2D eigenvalue weighted by molar-refractivity contribution is -0.180. The van der Waals surface area contributed by atoms with Gasteiger partial charge >= 0.3 is 0 Å². The molecular weight excluding hydrogens is 326 g/mol. The highest BCUT2D eigenvalue weighted by Crippen LogP contribution is 2.40. The van der Waals surface area contributed by atoms with Crippen LogP contribution in [0.3, 0.4) is 0 Å². The number of ether oxygens (including phenoxy) is 1. The van der Waals surface area contributed by atoms with Gasteiger partial charge in [-0.1, -0.05) is 31.4 Å². The van der Waals surface area contributed by atoms with Crippen LogP contribution in [0.5, 0.6) is 0 Å². The van der Waals surface area contributed by atoms with Gasteiger partial charge in [-0.2, -0.15) is 0 Å². The molecule has 2 fully saturated rings. The first kappa shape index (κ1) is 19.3. The van der Waals surface area contributed by atoms with Crippen LogP contribution in [0.1, 0.15) is 6.92 Å². The maximum atomic E-state index is 13.8. The van der Waals surface area contributed by atoms with Crippen molar-refractivity contribution in [3.8, 4) is 0 Å². The molecule has 2 aliphatic heterocycles. The highest BCUT2D eigenvalue weighted by atomic mass is 19.1. The summed E-state index contributed by atoms with van der Waals surface area (Å²) < 4.78 is 31.5. The molecule has 0 amide bonds. The van der Waals surface area contributed by atoms with Gasteiger partial charge in [-0.05, 0) is 23.6 Å². The van der Waals surface area contributed by atoms with Crippen LogP contribution in [-0.2, 0) is 4.74 Å². The van der Waals surface area contributed by atoms with Crippen molar-refractivity contribution in [3.63, 3.8) is 0 Å². The maximum absolute atomic E-state index is 13.8.